The molecule has 0 saturated carbocycles. The molecule has 4 aromatic rings. The lowest BCUT2D eigenvalue weighted by Crippen LogP contribution is -2.24. The highest BCUT2D eigenvalue weighted by atomic mass is 16.6. The van der Waals surface area contributed by atoms with E-state index >= 15 is 0 Å². The van der Waals surface area contributed by atoms with Crippen LogP contribution < -0.4 is 10.2 Å². The molecule has 0 unspecified atom stereocenters. The van der Waals surface area contributed by atoms with Crippen LogP contribution in [0.2, 0.25) is 0 Å². The number of benzene rings is 3. The van der Waals surface area contributed by atoms with Gasteiger partial charge in [0.2, 0.25) is 0 Å². The molecular weight excluding hydrogens is 422 g/mol. The van der Waals surface area contributed by atoms with Gasteiger partial charge in [-0.25, -0.2) is 5.43 Å². The number of carbonyl (C=O) groups excluding carboxylic acids is 1. The molecule has 3 aromatic carbocycles. The highest BCUT2D eigenvalue weighted by Crippen LogP contribution is 2.21. The Kier molecular flexibility index (Phi) is 6.40. The van der Waals surface area contributed by atoms with Gasteiger partial charge >= 0.3 is 5.82 Å². The molecule has 0 spiro atoms. The van der Waals surface area contributed by atoms with Crippen LogP contribution in [0.1, 0.15) is 16.8 Å². The van der Waals surface area contributed by atoms with Gasteiger partial charge in [-0.3, -0.25) is 4.79 Å². The number of hydrogen-bond acceptors (Lipinski definition) is 6. The van der Waals surface area contributed by atoms with Gasteiger partial charge in [0.1, 0.15) is 18.9 Å². The van der Waals surface area contributed by atoms with Crippen molar-refractivity contribution in [2.24, 2.45) is 5.10 Å². The first-order valence-electron chi connectivity index (χ1n) is 10.2. The van der Waals surface area contributed by atoms with Gasteiger partial charge < -0.3 is 14.9 Å². The van der Waals surface area contributed by atoms with Crippen molar-refractivity contribution in [3.8, 4) is 5.75 Å². The number of rotatable bonds is 8. The van der Waals surface area contributed by atoms with E-state index in [0.29, 0.717) is 18.1 Å². The van der Waals surface area contributed by atoms with Crippen LogP contribution in [0.3, 0.4) is 0 Å². The van der Waals surface area contributed by atoms with E-state index in [4.69, 9.17) is 4.74 Å². The molecule has 1 heterocycles. The number of nitrogens with one attached hydrogen (secondary N) is 1. The lowest BCUT2D eigenvalue weighted by molar-refractivity contribution is -0.389. The third-order valence-electron chi connectivity index (χ3n) is 4.98. The summed E-state index contributed by atoms with van der Waals surface area (Å²) in [5.41, 5.74) is 4.75. The summed E-state index contributed by atoms with van der Waals surface area (Å²) in [6.45, 7) is 1.89. The Morgan fingerprint density at radius 3 is 2.76 bits per heavy atom. The van der Waals surface area contributed by atoms with E-state index in [9.17, 15) is 14.9 Å². The summed E-state index contributed by atoms with van der Waals surface area (Å²) in [6, 6.07) is 22.9. The molecule has 1 N–H and O–H groups in total. The van der Waals surface area contributed by atoms with E-state index in [1.807, 2.05) is 48.5 Å². The molecule has 0 aliphatic rings. The molecule has 166 valence electrons. The van der Waals surface area contributed by atoms with Crippen molar-refractivity contribution >= 4 is 28.7 Å². The van der Waals surface area contributed by atoms with Crippen molar-refractivity contribution < 1.29 is 14.5 Å². The number of hydrazone groups is 1. The van der Waals surface area contributed by atoms with Gasteiger partial charge in [0.05, 0.1) is 23.1 Å². The third kappa shape index (κ3) is 5.40. The van der Waals surface area contributed by atoms with E-state index in [1.54, 1.807) is 6.92 Å². The Hall–Kier alpha value is -4.53. The van der Waals surface area contributed by atoms with Gasteiger partial charge in [-0.05, 0) is 45.9 Å². The fourth-order valence-corrected chi connectivity index (χ4v) is 3.36. The summed E-state index contributed by atoms with van der Waals surface area (Å²) < 4.78 is 7.22. The van der Waals surface area contributed by atoms with Crippen molar-refractivity contribution in [1.82, 2.24) is 15.2 Å². The Morgan fingerprint density at radius 2 is 1.94 bits per heavy atom. The van der Waals surface area contributed by atoms with Gasteiger partial charge in [0, 0.05) is 0 Å². The number of hydrogen-bond donors (Lipinski definition) is 1. The van der Waals surface area contributed by atoms with Crippen molar-refractivity contribution in [3.05, 3.63) is 99.7 Å². The smallest absolute Gasteiger partial charge is 0.390 e. The average molecular weight is 443 g/mol. The van der Waals surface area contributed by atoms with Crippen LogP contribution >= 0.6 is 0 Å². The Balaban J connectivity index is 1.35. The summed E-state index contributed by atoms with van der Waals surface area (Å²) in [4.78, 5) is 22.3. The number of ether oxygens (including phenoxy) is 1. The highest BCUT2D eigenvalue weighted by molar-refractivity contribution is 5.85. The molecule has 0 bridgehead atoms. The normalized spacial score (nSPS) is 11.1. The van der Waals surface area contributed by atoms with Gasteiger partial charge in [-0.1, -0.05) is 54.6 Å². The summed E-state index contributed by atoms with van der Waals surface area (Å²) in [6.07, 6.45) is 1.50. The monoisotopic (exact) mass is 443 g/mol. The molecule has 33 heavy (non-hydrogen) atoms. The Bertz CT molecular complexity index is 1340. The van der Waals surface area contributed by atoms with Crippen molar-refractivity contribution in [2.75, 3.05) is 0 Å². The molecule has 1 aromatic heterocycles. The zero-order chi connectivity index (χ0) is 23.2. The van der Waals surface area contributed by atoms with E-state index in [0.717, 1.165) is 21.9 Å². The molecule has 9 nitrogen and oxygen atoms in total. The largest absolute Gasteiger partial charge is 0.489 e. The number of nitrogens with zero attached hydrogens (tertiary/aromatic N) is 4. The van der Waals surface area contributed by atoms with Crippen molar-refractivity contribution in [3.63, 3.8) is 0 Å². The molecule has 4 rings (SSSR count). The summed E-state index contributed by atoms with van der Waals surface area (Å²) in [5.74, 6) is -0.0717. The number of fused-ring (bicyclic) bond motifs is 1. The summed E-state index contributed by atoms with van der Waals surface area (Å²) in [7, 11) is 0. The minimum atomic E-state index is -0.602. The number of amides is 1. The average Bonchev–Trinajstić information content (AvgIpc) is 3.18. The van der Waals surface area contributed by atoms with Gasteiger partial charge in [-0.2, -0.15) is 9.78 Å². The summed E-state index contributed by atoms with van der Waals surface area (Å²) in [5, 5.41) is 20.8. The molecule has 0 aliphatic carbocycles. The number of nitro groups is 1. The first kappa shape index (κ1) is 21.7. The minimum absolute atomic E-state index is 0.175. The van der Waals surface area contributed by atoms with Crippen LogP contribution in [0.25, 0.3) is 10.8 Å². The fourth-order valence-electron chi connectivity index (χ4n) is 3.36. The van der Waals surface area contributed by atoms with E-state index in [1.165, 1.54) is 17.0 Å². The maximum absolute atomic E-state index is 12.1. The molecular formula is C24H21N5O4. The highest BCUT2D eigenvalue weighted by Gasteiger charge is 2.17. The second-order valence-electron chi connectivity index (χ2n) is 7.35. The summed E-state index contributed by atoms with van der Waals surface area (Å²) >= 11 is 0. The van der Waals surface area contributed by atoms with Crippen LogP contribution in [0.4, 0.5) is 5.82 Å². The molecule has 0 fully saturated rings. The lowest BCUT2D eigenvalue weighted by Gasteiger charge is -2.09. The maximum atomic E-state index is 12.1. The topological polar surface area (TPSA) is 112 Å². The molecule has 0 saturated heterocycles. The number of aromatic nitrogens is 2. The van der Waals surface area contributed by atoms with Crippen LogP contribution in [0.15, 0.2) is 77.9 Å². The lowest BCUT2D eigenvalue weighted by atomic mass is 10.1. The van der Waals surface area contributed by atoms with E-state index in [-0.39, 0.29) is 12.4 Å². The second kappa shape index (κ2) is 9.73. The SMILES string of the molecule is Cc1cc([N+](=O)[O-])nn1CC(=O)N/N=C\c1cccc(OCc2cccc3ccccc23)c1. The van der Waals surface area contributed by atoms with Crippen LogP contribution in [0.5, 0.6) is 5.75 Å². The third-order valence-corrected chi connectivity index (χ3v) is 4.98. The van der Waals surface area contributed by atoms with Gasteiger partial charge in [0.25, 0.3) is 5.91 Å². The predicted octanol–water partition coefficient (Wildman–Crippen LogP) is 3.98. The molecule has 0 atom stereocenters. The second-order valence-corrected chi connectivity index (χ2v) is 7.35. The molecule has 1 amide bonds. The van der Waals surface area contributed by atoms with Gasteiger partial charge in [-0.15, -0.1) is 0 Å². The van der Waals surface area contributed by atoms with Crippen molar-refractivity contribution in [2.45, 2.75) is 20.1 Å². The number of aryl methyl sites for hydroxylation is 1. The predicted molar refractivity (Wildman–Crippen MR) is 124 cm³/mol. The molecule has 0 aliphatic heterocycles. The first-order valence-corrected chi connectivity index (χ1v) is 10.2. The van der Waals surface area contributed by atoms with Crippen LogP contribution in [0, 0.1) is 17.0 Å². The maximum Gasteiger partial charge on any atom is 0.390 e. The zero-order valence-corrected chi connectivity index (χ0v) is 17.8. The Labute approximate surface area is 189 Å². The quantitative estimate of drug-likeness (QED) is 0.251. The Morgan fingerprint density at radius 1 is 1.15 bits per heavy atom. The van der Waals surface area contributed by atoms with Gasteiger partial charge in [0.15, 0.2) is 0 Å². The van der Waals surface area contributed by atoms with E-state index < -0.39 is 10.8 Å². The fraction of sp³-hybridized carbons (Fsp3) is 0.125. The molecule has 9 heteroatoms. The standard InChI is InChI=1S/C24H21N5O4/c1-17-12-23(29(31)32)27-28(17)15-24(30)26-25-14-18-6-4-10-21(13-18)33-16-20-9-5-8-19-7-2-3-11-22(19)20/h2-14H,15-16H2,1H3,(H,26,30)/b25-14-. The van der Waals surface area contributed by atoms with Crippen LogP contribution in [-0.4, -0.2) is 26.8 Å². The zero-order valence-electron chi connectivity index (χ0n) is 17.8. The molecule has 0 radical (unpaired) electrons. The minimum Gasteiger partial charge on any atom is -0.489 e. The van der Waals surface area contributed by atoms with E-state index in [2.05, 4.69) is 33.8 Å². The number of carbonyl (C=O) groups is 1. The first-order chi connectivity index (χ1) is 16.0. The van der Waals surface area contributed by atoms with Crippen molar-refractivity contribution in [1.29, 1.82) is 0 Å². The van der Waals surface area contributed by atoms with Crippen LogP contribution in [-0.2, 0) is 17.9 Å².